The fourth-order valence-corrected chi connectivity index (χ4v) is 3.07. The Morgan fingerprint density at radius 3 is 2.86 bits per heavy atom. The van der Waals surface area contributed by atoms with Crippen molar-refractivity contribution in [3.63, 3.8) is 0 Å². The Balaban J connectivity index is 2.07. The average molecular weight is 198 g/mol. The van der Waals surface area contributed by atoms with Crippen LogP contribution in [0.25, 0.3) is 0 Å². The summed E-state index contributed by atoms with van der Waals surface area (Å²) in [6.45, 7) is 3.94. The second-order valence-corrected chi connectivity index (χ2v) is 4.69. The molecule has 3 unspecified atom stereocenters. The summed E-state index contributed by atoms with van der Waals surface area (Å²) < 4.78 is 5.56. The van der Waals surface area contributed by atoms with Crippen molar-refractivity contribution in [2.45, 2.75) is 25.3 Å². The van der Waals surface area contributed by atoms with Crippen LogP contribution < -0.4 is 5.73 Å². The van der Waals surface area contributed by atoms with E-state index in [-0.39, 0.29) is 0 Å². The van der Waals surface area contributed by atoms with Gasteiger partial charge in [-0.15, -0.1) is 0 Å². The molecule has 2 N–H and O–H groups in total. The minimum absolute atomic E-state index is 0.722. The molecule has 82 valence electrons. The lowest BCUT2D eigenvalue weighted by Gasteiger charge is -2.42. The highest BCUT2D eigenvalue weighted by Crippen LogP contribution is 2.33. The second kappa shape index (κ2) is 4.60. The molecule has 2 fully saturated rings. The fraction of sp³-hybridized carbons (Fsp3) is 1.00. The van der Waals surface area contributed by atoms with E-state index < -0.39 is 0 Å². The van der Waals surface area contributed by atoms with Gasteiger partial charge in [0, 0.05) is 19.3 Å². The third-order valence-corrected chi connectivity index (χ3v) is 3.97. The molecule has 3 nitrogen and oxygen atoms in total. The minimum Gasteiger partial charge on any atom is -0.381 e. The van der Waals surface area contributed by atoms with Crippen molar-refractivity contribution in [1.29, 1.82) is 0 Å². The zero-order valence-corrected chi connectivity index (χ0v) is 9.11. The van der Waals surface area contributed by atoms with Crippen LogP contribution in [0.4, 0.5) is 0 Å². The zero-order chi connectivity index (χ0) is 9.97. The number of nitrogens with zero attached hydrogens (tertiary/aromatic N) is 1. The van der Waals surface area contributed by atoms with E-state index in [1.807, 2.05) is 0 Å². The lowest BCUT2D eigenvalue weighted by molar-refractivity contribution is 0.0700. The molecule has 2 rings (SSSR count). The van der Waals surface area contributed by atoms with Crippen LogP contribution in [0.1, 0.15) is 19.3 Å². The molecular weight excluding hydrogens is 176 g/mol. The SMILES string of the molecule is CN1CCC(CN)C2CCOCCC21. The van der Waals surface area contributed by atoms with E-state index in [1.54, 1.807) is 0 Å². The van der Waals surface area contributed by atoms with Gasteiger partial charge in [-0.3, -0.25) is 0 Å². The number of likely N-dealkylation sites (tertiary alicyclic amines) is 1. The summed E-state index contributed by atoms with van der Waals surface area (Å²) in [6.07, 6.45) is 3.67. The summed E-state index contributed by atoms with van der Waals surface area (Å²) in [5.74, 6) is 1.51. The van der Waals surface area contributed by atoms with E-state index in [0.29, 0.717) is 0 Å². The van der Waals surface area contributed by atoms with Crippen LogP contribution in [-0.4, -0.2) is 44.3 Å². The molecule has 2 saturated heterocycles. The number of hydrogen-bond acceptors (Lipinski definition) is 3. The number of piperidine rings is 1. The van der Waals surface area contributed by atoms with Crippen molar-refractivity contribution in [3.8, 4) is 0 Å². The predicted octanol–water partition coefficient (Wildman–Crippen LogP) is 0.692. The third-order valence-electron chi connectivity index (χ3n) is 3.97. The molecule has 2 aliphatic heterocycles. The van der Waals surface area contributed by atoms with Crippen molar-refractivity contribution in [2.75, 3.05) is 33.4 Å². The van der Waals surface area contributed by atoms with Crippen molar-refractivity contribution < 1.29 is 4.74 Å². The Kier molecular flexibility index (Phi) is 3.42. The van der Waals surface area contributed by atoms with Crippen LogP contribution in [0.3, 0.4) is 0 Å². The molecule has 0 spiro atoms. The smallest absolute Gasteiger partial charge is 0.0481 e. The number of nitrogens with two attached hydrogens (primary N) is 1. The van der Waals surface area contributed by atoms with Gasteiger partial charge in [-0.2, -0.15) is 0 Å². The highest BCUT2D eigenvalue weighted by molar-refractivity contribution is 4.89. The van der Waals surface area contributed by atoms with Gasteiger partial charge in [0.15, 0.2) is 0 Å². The van der Waals surface area contributed by atoms with Gasteiger partial charge in [0.25, 0.3) is 0 Å². The fourth-order valence-electron chi connectivity index (χ4n) is 3.07. The van der Waals surface area contributed by atoms with Crippen molar-refractivity contribution in [2.24, 2.45) is 17.6 Å². The van der Waals surface area contributed by atoms with Gasteiger partial charge in [-0.25, -0.2) is 0 Å². The monoisotopic (exact) mass is 198 g/mol. The molecule has 2 heterocycles. The number of rotatable bonds is 1. The van der Waals surface area contributed by atoms with Crippen molar-refractivity contribution in [1.82, 2.24) is 4.90 Å². The van der Waals surface area contributed by atoms with E-state index >= 15 is 0 Å². The molecule has 3 atom stereocenters. The lowest BCUT2D eigenvalue weighted by atomic mass is 9.77. The Morgan fingerprint density at radius 1 is 1.29 bits per heavy atom. The molecule has 0 bridgehead atoms. The number of hydrogen-bond donors (Lipinski definition) is 1. The van der Waals surface area contributed by atoms with Crippen LogP contribution in [0, 0.1) is 11.8 Å². The van der Waals surface area contributed by atoms with Gasteiger partial charge in [-0.1, -0.05) is 0 Å². The molecule has 0 saturated carbocycles. The maximum absolute atomic E-state index is 5.85. The van der Waals surface area contributed by atoms with Gasteiger partial charge < -0.3 is 15.4 Å². The summed E-state index contributed by atoms with van der Waals surface area (Å²) in [5.41, 5.74) is 5.85. The molecule has 3 heteroatoms. The first-order chi connectivity index (χ1) is 6.83. The average Bonchev–Trinajstić information content (AvgIpc) is 2.44. The van der Waals surface area contributed by atoms with Gasteiger partial charge in [0.05, 0.1) is 0 Å². The van der Waals surface area contributed by atoms with Crippen molar-refractivity contribution in [3.05, 3.63) is 0 Å². The third kappa shape index (κ3) is 1.95. The second-order valence-electron chi connectivity index (χ2n) is 4.69. The van der Waals surface area contributed by atoms with Crippen molar-refractivity contribution >= 4 is 0 Å². The number of fused-ring (bicyclic) bond motifs is 1. The Morgan fingerprint density at radius 2 is 2.07 bits per heavy atom. The largest absolute Gasteiger partial charge is 0.381 e. The van der Waals surface area contributed by atoms with Crippen LogP contribution >= 0.6 is 0 Å². The summed E-state index contributed by atoms with van der Waals surface area (Å²) in [6, 6.07) is 0.722. The Bertz CT molecular complexity index is 186. The summed E-state index contributed by atoms with van der Waals surface area (Å²) in [7, 11) is 2.25. The predicted molar refractivity (Wildman–Crippen MR) is 57.1 cm³/mol. The van der Waals surface area contributed by atoms with Crippen LogP contribution in [-0.2, 0) is 4.74 Å². The highest BCUT2D eigenvalue weighted by atomic mass is 16.5. The molecule has 0 aromatic carbocycles. The summed E-state index contributed by atoms with van der Waals surface area (Å²) >= 11 is 0. The first-order valence-corrected chi connectivity index (χ1v) is 5.81. The lowest BCUT2D eigenvalue weighted by Crippen LogP contribution is -2.48. The normalized spacial score (nSPS) is 40.3. The number of ether oxygens (including phenoxy) is 1. The minimum atomic E-state index is 0.722. The molecule has 0 amide bonds. The maximum atomic E-state index is 5.85. The van der Waals surface area contributed by atoms with E-state index in [0.717, 1.165) is 37.6 Å². The Labute approximate surface area is 86.6 Å². The molecule has 14 heavy (non-hydrogen) atoms. The standard InChI is InChI=1S/C11H22N2O/c1-13-5-2-9(8-12)10-3-6-14-7-4-11(10)13/h9-11H,2-8,12H2,1H3. The van der Waals surface area contributed by atoms with Gasteiger partial charge in [0.1, 0.15) is 0 Å². The van der Waals surface area contributed by atoms with Crippen LogP contribution in [0.2, 0.25) is 0 Å². The van der Waals surface area contributed by atoms with E-state index in [4.69, 9.17) is 10.5 Å². The molecular formula is C11H22N2O. The molecule has 0 aliphatic carbocycles. The maximum Gasteiger partial charge on any atom is 0.0481 e. The quantitative estimate of drug-likeness (QED) is 0.674. The first-order valence-electron chi connectivity index (χ1n) is 5.81. The highest BCUT2D eigenvalue weighted by Gasteiger charge is 2.36. The van der Waals surface area contributed by atoms with E-state index in [1.165, 1.54) is 25.8 Å². The van der Waals surface area contributed by atoms with Gasteiger partial charge in [0.2, 0.25) is 0 Å². The topological polar surface area (TPSA) is 38.5 Å². The molecule has 0 aromatic rings. The van der Waals surface area contributed by atoms with E-state index in [2.05, 4.69) is 11.9 Å². The summed E-state index contributed by atoms with van der Waals surface area (Å²) in [4.78, 5) is 2.51. The Hall–Kier alpha value is -0.120. The van der Waals surface area contributed by atoms with Crippen LogP contribution in [0.5, 0.6) is 0 Å². The van der Waals surface area contributed by atoms with Gasteiger partial charge >= 0.3 is 0 Å². The molecule has 2 aliphatic rings. The molecule has 0 aromatic heterocycles. The van der Waals surface area contributed by atoms with E-state index in [9.17, 15) is 0 Å². The zero-order valence-electron chi connectivity index (χ0n) is 9.11. The van der Waals surface area contributed by atoms with Crippen LogP contribution in [0.15, 0.2) is 0 Å². The molecule has 0 radical (unpaired) electrons. The van der Waals surface area contributed by atoms with Gasteiger partial charge in [-0.05, 0) is 51.2 Å². The summed E-state index contributed by atoms with van der Waals surface area (Å²) in [5, 5.41) is 0. The first kappa shape index (κ1) is 10.4.